The molecule has 0 aromatic rings. The maximum absolute atomic E-state index is 2.51. The summed E-state index contributed by atoms with van der Waals surface area (Å²) in [6, 6.07) is 0. The van der Waals surface area contributed by atoms with Gasteiger partial charge in [-0.05, 0) is 48.3 Å². The van der Waals surface area contributed by atoms with Crippen LogP contribution >= 0.6 is 0 Å². The molecule has 0 spiro atoms. The van der Waals surface area contributed by atoms with Gasteiger partial charge in [-0.1, -0.05) is 37.1 Å². The number of fused-ring (bicyclic) bond motifs is 3. The van der Waals surface area contributed by atoms with Crippen molar-refractivity contribution in [3.8, 4) is 0 Å². The van der Waals surface area contributed by atoms with Crippen LogP contribution in [0.4, 0.5) is 0 Å². The summed E-state index contributed by atoms with van der Waals surface area (Å²) in [5.74, 6) is 6.28. The first-order chi connectivity index (χ1) is 6.95. The van der Waals surface area contributed by atoms with Crippen LogP contribution < -0.4 is 0 Å². The molecule has 3 fully saturated rings. The first kappa shape index (κ1) is 7.73. The zero-order valence-corrected chi connectivity index (χ0v) is 8.60. The van der Waals surface area contributed by atoms with Gasteiger partial charge in [-0.25, -0.2) is 0 Å². The van der Waals surface area contributed by atoms with E-state index < -0.39 is 0 Å². The third-order valence-electron chi connectivity index (χ3n) is 5.43. The summed E-state index contributed by atoms with van der Waals surface area (Å²) < 4.78 is 0. The van der Waals surface area contributed by atoms with Crippen molar-refractivity contribution < 1.29 is 0 Å². The second-order valence-electron chi connectivity index (χ2n) is 5.76. The predicted octanol–water partition coefficient (Wildman–Crippen LogP) is 3.41. The van der Waals surface area contributed by atoms with Gasteiger partial charge in [0, 0.05) is 0 Å². The van der Waals surface area contributed by atoms with Crippen LogP contribution in [0.2, 0.25) is 0 Å². The standard InChI is InChI=1S/C14H18/c1-2-6-11-10(5-1)12-7-3-4-9-8-13(11)14(9)12/h1-2,5-6,9-14H,3-4,7-8H2. The first-order valence-corrected chi connectivity index (χ1v) is 6.30. The Morgan fingerprint density at radius 1 is 0.857 bits per heavy atom. The summed E-state index contributed by atoms with van der Waals surface area (Å²) >= 11 is 0. The van der Waals surface area contributed by atoms with Gasteiger partial charge in [-0.2, -0.15) is 0 Å². The van der Waals surface area contributed by atoms with Gasteiger partial charge < -0.3 is 0 Å². The zero-order chi connectivity index (χ0) is 9.12. The molecule has 0 bridgehead atoms. The molecule has 0 N–H and O–H groups in total. The molecular formula is C14H18. The molecule has 0 amide bonds. The molecule has 6 unspecified atom stereocenters. The lowest BCUT2D eigenvalue weighted by atomic mass is 9.57. The fourth-order valence-electron chi connectivity index (χ4n) is 4.96. The van der Waals surface area contributed by atoms with E-state index in [0.717, 1.165) is 35.5 Å². The Morgan fingerprint density at radius 3 is 2.50 bits per heavy atom. The van der Waals surface area contributed by atoms with Gasteiger partial charge in [0.25, 0.3) is 0 Å². The van der Waals surface area contributed by atoms with Crippen LogP contribution in [0, 0.1) is 35.5 Å². The molecule has 0 nitrogen and oxygen atoms in total. The summed E-state index contributed by atoms with van der Waals surface area (Å²) in [4.78, 5) is 0. The Morgan fingerprint density at radius 2 is 1.64 bits per heavy atom. The quantitative estimate of drug-likeness (QED) is 0.544. The number of allylic oxidation sites excluding steroid dienone is 4. The number of rotatable bonds is 0. The minimum atomic E-state index is 0.931. The van der Waals surface area contributed by atoms with E-state index in [1.54, 1.807) is 12.8 Å². The summed E-state index contributed by atoms with van der Waals surface area (Å²) in [7, 11) is 0. The topological polar surface area (TPSA) is 0 Å². The van der Waals surface area contributed by atoms with E-state index in [-0.39, 0.29) is 0 Å². The third kappa shape index (κ3) is 0.769. The van der Waals surface area contributed by atoms with Gasteiger partial charge in [-0.15, -0.1) is 0 Å². The highest BCUT2D eigenvalue weighted by Crippen LogP contribution is 2.65. The molecule has 0 aromatic heterocycles. The van der Waals surface area contributed by atoms with Crippen LogP contribution in [0.5, 0.6) is 0 Å². The number of hydrogen-bond acceptors (Lipinski definition) is 0. The fourth-order valence-corrected chi connectivity index (χ4v) is 4.96. The summed E-state index contributed by atoms with van der Waals surface area (Å²) in [6.45, 7) is 0. The molecule has 0 aliphatic heterocycles. The normalized spacial score (nSPS) is 57.7. The molecule has 0 heteroatoms. The lowest BCUT2D eigenvalue weighted by Gasteiger charge is -2.47. The van der Waals surface area contributed by atoms with Crippen molar-refractivity contribution in [2.45, 2.75) is 25.7 Å². The highest BCUT2D eigenvalue weighted by atomic mass is 14.6. The summed E-state index contributed by atoms with van der Waals surface area (Å²) in [5, 5.41) is 0. The average molecular weight is 186 g/mol. The summed E-state index contributed by atoms with van der Waals surface area (Å²) in [5.41, 5.74) is 0. The van der Waals surface area contributed by atoms with E-state index in [0.29, 0.717) is 0 Å². The molecule has 4 aliphatic carbocycles. The van der Waals surface area contributed by atoms with E-state index in [9.17, 15) is 0 Å². The molecule has 14 heavy (non-hydrogen) atoms. The van der Waals surface area contributed by atoms with Gasteiger partial charge in [0.2, 0.25) is 0 Å². The maximum Gasteiger partial charge on any atom is -0.0133 e. The molecule has 3 saturated carbocycles. The number of hydrogen-bond donors (Lipinski definition) is 0. The van der Waals surface area contributed by atoms with Crippen LogP contribution in [0.1, 0.15) is 25.7 Å². The minimum Gasteiger partial charge on any atom is -0.0805 e. The molecule has 0 aromatic carbocycles. The highest BCUT2D eigenvalue weighted by molar-refractivity contribution is 5.23. The van der Waals surface area contributed by atoms with Crippen molar-refractivity contribution in [1.82, 2.24) is 0 Å². The minimum absolute atomic E-state index is 0.931. The molecule has 0 saturated heterocycles. The van der Waals surface area contributed by atoms with Gasteiger partial charge >= 0.3 is 0 Å². The third-order valence-corrected chi connectivity index (χ3v) is 5.43. The molecule has 0 heterocycles. The van der Waals surface area contributed by atoms with E-state index in [2.05, 4.69) is 24.3 Å². The van der Waals surface area contributed by atoms with Crippen LogP contribution in [0.3, 0.4) is 0 Å². The second kappa shape index (κ2) is 2.53. The monoisotopic (exact) mass is 186 g/mol. The van der Waals surface area contributed by atoms with Crippen molar-refractivity contribution >= 4 is 0 Å². The lowest BCUT2D eigenvalue weighted by molar-refractivity contribution is 0.0186. The average Bonchev–Trinajstić information content (AvgIpc) is 2.49. The Kier molecular flexibility index (Phi) is 1.40. The van der Waals surface area contributed by atoms with Crippen LogP contribution in [-0.4, -0.2) is 0 Å². The van der Waals surface area contributed by atoms with Crippen LogP contribution in [0.25, 0.3) is 0 Å². The Hall–Kier alpha value is -0.520. The second-order valence-corrected chi connectivity index (χ2v) is 5.76. The SMILES string of the molecule is C1=CC2C(C=C1)C1CC3CCCC2C31. The molecule has 74 valence electrons. The largest absolute Gasteiger partial charge is 0.0805 e. The van der Waals surface area contributed by atoms with E-state index in [4.69, 9.17) is 0 Å². The van der Waals surface area contributed by atoms with Crippen molar-refractivity contribution in [3.63, 3.8) is 0 Å². The zero-order valence-electron chi connectivity index (χ0n) is 8.60. The lowest BCUT2D eigenvalue weighted by Crippen LogP contribution is -2.40. The van der Waals surface area contributed by atoms with E-state index in [1.165, 1.54) is 12.8 Å². The van der Waals surface area contributed by atoms with Gasteiger partial charge in [0.1, 0.15) is 0 Å². The van der Waals surface area contributed by atoms with Crippen molar-refractivity contribution in [2.75, 3.05) is 0 Å². The summed E-state index contributed by atoms with van der Waals surface area (Å²) in [6.07, 6.45) is 15.7. The van der Waals surface area contributed by atoms with Crippen molar-refractivity contribution in [1.29, 1.82) is 0 Å². The smallest absolute Gasteiger partial charge is 0.0133 e. The van der Waals surface area contributed by atoms with Gasteiger partial charge in [0.15, 0.2) is 0 Å². The van der Waals surface area contributed by atoms with Crippen molar-refractivity contribution in [3.05, 3.63) is 24.3 Å². The molecule has 6 atom stereocenters. The highest BCUT2D eigenvalue weighted by Gasteiger charge is 2.58. The predicted molar refractivity (Wildman–Crippen MR) is 57.7 cm³/mol. The van der Waals surface area contributed by atoms with Gasteiger partial charge in [-0.3, -0.25) is 0 Å². The van der Waals surface area contributed by atoms with Gasteiger partial charge in [0.05, 0.1) is 0 Å². The van der Waals surface area contributed by atoms with E-state index >= 15 is 0 Å². The Bertz CT molecular complexity index is 312. The Balaban J connectivity index is 1.74. The Labute approximate surface area is 86.1 Å². The molecule has 4 aliphatic rings. The van der Waals surface area contributed by atoms with Crippen LogP contribution in [-0.2, 0) is 0 Å². The van der Waals surface area contributed by atoms with Crippen molar-refractivity contribution in [2.24, 2.45) is 35.5 Å². The molecule has 4 rings (SSSR count). The molecular weight excluding hydrogens is 168 g/mol. The van der Waals surface area contributed by atoms with E-state index in [1.807, 2.05) is 0 Å². The maximum atomic E-state index is 2.51. The fraction of sp³-hybridized carbons (Fsp3) is 0.714. The van der Waals surface area contributed by atoms with Crippen LogP contribution in [0.15, 0.2) is 24.3 Å². The molecule has 0 radical (unpaired) electrons. The first-order valence-electron chi connectivity index (χ1n) is 6.30.